The van der Waals surface area contributed by atoms with Gasteiger partial charge in [-0.2, -0.15) is 0 Å². The quantitative estimate of drug-likeness (QED) is 0.796. The van der Waals surface area contributed by atoms with E-state index < -0.39 is 0 Å². The summed E-state index contributed by atoms with van der Waals surface area (Å²) in [7, 11) is 3.79. The van der Waals surface area contributed by atoms with Gasteiger partial charge in [-0.3, -0.25) is 0 Å². The van der Waals surface area contributed by atoms with Gasteiger partial charge >= 0.3 is 0 Å². The third-order valence-corrected chi connectivity index (χ3v) is 3.14. The maximum absolute atomic E-state index is 5.44. The number of benzene rings is 1. The van der Waals surface area contributed by atoms with Crippen molar-refractivity contribution in [2.45, 2.75) is 38.3 Å². The molecule has 0 saturated heterocycles. The Morgan fingerprint density at radius 1 is 1.25 bits per heavy atom. The molecule has 0 saturated carbocycles. The fourth-order valence-electron chi connectivity index (χ4n) is 1.76. The summed E-state index contributed by atoms with van der Waals surface area (Å²) in [6.07, 6.45) is 2.13. The smallest absolute Gasteiger partial charge is 0.0623 e. The highest BCUT2D eigenvalue weighted by Gasteiger charge is 2.19. The van der Waals surface area contributed by atoms with Crippen molar-refractivity contribution >= 4 is 0 Å². The van der Waals surface area contributed by atoms with E-state index in [0.29, 0.717) is 6.04 Å². The Bertz CT molecular complexity index is 295. The van der Waals surface area contributed by atoms with Crippen molar-refractivity contribution in [3.63, 3.8) is 0 Å². The molecule has 1 N–H and O–H groups in total. The van der Waals surface area contributed by atoms with E-state index in [2.05, 4.69) is 49.5 Å². The van der Waals surface area contributed by atoms with Crippen molar-refractivity contribution in [1.82, 2.24) is 5.32 Å². The number of rotatable bonds is 6. The molecular formula is C14H23NO. The van der Waals surface area contributed by atoms with Gasteiger partial charge in [0.2, 0.25) is 0 Å². The Kier molecular flexibility index (Phi) is 4.97. The van der Waals surface area contributed by atoms with Crippen LogP contribution in [0.15, 0.2) is 30.3 Å². The minimum Gasteiger partial charge on any atom is -0.379 e. The lowest BCUT2D eigenvalue weighted by Crippen LogP contribution is -2.25. The van der Waals surface area contributed by atoms with Gasteiger partial charge in [0.05, 0.1) is 5.60 Å². The molecule has 0 fully saturated rings. The average molecular weight is 221 g/mol. The molecule has 1 aromatic carbocycles. The molecule has 0 aromatic heterocycles. The zero-order valence-corrected chi connectivity index (χ0v) is 10.8. The first-order chi connectivity index (χ1) is 7.59. The molecule has 0 aliphatic rings. The van der Waals surface area contributed by atoms with Crippen LogP contribution in [-0.2, 0) is 4.74 Å². The Labute approximate surface area is 99.0 Å². The maximum atomic E-state index is 5.44. The standard InChI is InChI=1S/C14H23NO/c1-14(2,16-4)11-10-13(15-3)12-8-6-5-7-9-12/h5-9,13,15H,10-11H2,1-4H3. The molecule has 0 bridgehead atoms. The molecule has 1 atom stereocenters. The van der Waals surface area contributed by atoms with Gasteiger partial charge in [0.15, 0.2) is 0 Å². The molecule has 0 aliphatic carbocycles. The van der Waals surface area contributed by atoms with Crippen LogP contribution in [0.2, 0.25) is 0 Å². The van der Waals surface area contributed by atoms with Gasteiger partial charge in [-0.1, -0.05) is 30.3 Å². The van der Waals surface area contributed by atoms with Gasteiger partial charge in [0.25, 0.3) is 0 Å². The van der Waals surface area contributed by atoms with E-state index in [1.807, 2.05) is 7.05 Å². The van der Waals surface area contributed by atoms with Crippen LogP contribution in [0.4, 0.5) is 0 Å². The van der Waals surface area contributed by atoms with Crippen LogP contribution in [0.25, 0.3) is 0 Å². The number of methoxy groups -OCH3 is 1. The first kappa shape index (κ1) is 13.2. The van der Waals surface area contributed by atoms with Crippen LogP contribution in [0.5, 0.6) is 0 Å². The van der Waals surface area contributed by atoms with E-state index >= 15 is 0 Å². The number of hydrogen-bond donors (Lipinski definition) is 1. The monoisotopic (exact) mass is 221 g/mol. The summed E-state index contributed by atoms with van der Waals surface area (Å²) in [5, 5.41) is 3.36. The van der Waals surface area contributed by atoms with E-state index in [1.54, 1.807) is 7.11 Å². The largest absolute Gasteiger partial charge is 0.379 e. The molecule has 0 heterocycles. The normalized spacial score (nSPS) is 13.8. The lowest BCUT2D eigenvalue weighted by Gasteiger charge is -2.26. The van der Waals surface area contributed by atoms with Crippen LogP contribution >= 0.6 is 0 Å². The van der Waals surface area contributed by atoms with E-state index in [4.69, 9.17) is 4.74 Å². The molecule has 16 heavy (non-hydrogen) atoms. The summed E-state index contributed by atoms with van der Waals surface area (Å²) in [5.41, 5.74) is 1.31. The van der Waals surface area contributed by atoms with E-state index in [0.717, 1.165) is 12.8 Å². The van der Waals surface area contributed by atoms with Crippen LogP contribution in [-0.4, -0.2) is 19.8 Å². The van der Waals surface area contributed by atoms with Gasteiger partial charge in [0.1, 0.15) is 0 Å². The third kappa shape index (κ3) is 3.95. The van der Waals surface area contributed by atoms with Gasteiger partial charge in [-0.05, 0) is 39.3 Å². The van der Waals surface area contributed by atoms with Crippen molar-refractivity contribution in [3.05, 3.63) is 35.9 Å². The predicted octanol–water partition coefficient (Wildman–Crippen LogP) is 3.15. The highest BCUT2D eigenvalue weighted by atomic mass is 16.5. The number of hydrogen-bond acceptors (Lipinski definition) is 2. The zero-order valence-electron chi connectivity index (χ0n) is 10.8. The molecule has 2 heteroatoms. The van der Waals surface area contributed by atoms with Crippen LogP contribution in [0, 0.1) is 0 Å². The third-order valence-electron chi connectivity index (χ3n) is 3.14. The van der Waals surface area contributed by atoms with E-state index in [9.17, 15) is 0 Å². The summed E-state index contributed by atoms with van der Waals surface area (Å²) in [4.78, 5) is 0. The van der Waals surface area contributed by atoms with Crippen LogP contribution < -0.4 is 5.32 Å². The summed E-state index contributed by atoms with van der Waals surface area (Å²) in [5.74, 6) is 0. The highest BCUT2D eigenvalue weighted by molar-refractivity contribution is 5.18. The fourth-order valence-corrected chi connectivity index (χ4v) is 1.76. The minimum atomic E-state index is -0.0378. The Balaban J connectivity index is 2.57. The zero-order chi connectivity index (χ0) is 12.0. The Morgan fingerprint density at radius 3 is 2.38 bits per heavy atom. The van der Waals surface area contributed by atoms with Crippen LogP contribution in [0.3, 0.4) is 0 Å². The molecule has 2 nitrogen and oxygen atoms in total. The highest BCUT2D eigenvalue weighted by Crippen LogP contribution is 2.23. The maximum Gasteiger partial charge on any atom is 0.0623 e. The Morgan fingerprint density at radius 2 is 1.88 bits per heavy atom. The van der Waals surface area contributed by atoms with E-state index in [1.165, 1.54) is 5.56 Å². The van der Waals surface area contributed by atoms with Crippen molar-refractivity contribution in [3.8, 4) is 0 Å². The minimum absolute atomic E-state index is 0.0378. The van der Waals surface area contributed by atoms with Crippen molar-refractivity contribution in [2.24, 2.45) is 0 Å². The van der Waals surface area contributed by atoms with Crippen LogP contribution in [0.1, 0.15) is 38.3 Å². The number of ether oxygens (including phenoxy) is 1. The Hall–Kier alpha value is -0.860. The molecular weight excluding hydrogens is 198 g/mol. The summed E-state index contributed by atoms with van der Waals surface area (Å²) >= 11 is 0. The molecule has 0 radical (unpaired) electrons. The fraction of sp³-hybridized carbons (Fsp3) is 0.571. The van der Waals surface area contributed by atoms with Gasteiger partial charge < -0.3 is 10.1 Å². The summed E-state index contributed by atoms with van der Waals surface area (Å²) in [6, 6.07) is 11.0. The van der Waals surface area contributed by atoms with Gasteiger partial charge in [-0.15, -0.1) is 0 Å². The SMILES string of the molecule is CNC(CCC(C)(C)OC)c1ccccc1. The summed E-state index contributed by atoms with van der Waals surface area (Å²) in [6.45, 7) is 4.26. The van der Waals surface area contributed by atoms with Gasteiger partial charge in [0, 0.05) is 13.2 Å². The average Bonchev–Trinajstić information content (AvgIpc) is 2.31. The van der Waals surface area contributed by atoms with Crippen molar-refractivity contribution < 1.29 is 4.74 Å². The first-order valence-corrected chi connectivity index (χ1v) is 5.86. The lowest BCUT2D eigenvalue weighted by molar-refractivity contribution is 0.0118. The molecule has 0 aliphatic heterocycles. The second-order valence-corrected chi connectivity index (χ2v) is 4.75. The predicted molar refractivity (Wildman–Crippen MR) is 68.6 cm³/mol. The van der Waals surface area contributed by atoms with Crippen molar-refractivity contribution in [1.29, 1.82) is 0 Å². The number of nitrogens with one attached hydrogen (secondary N) is 1. The lowest BCUT2D eigenvalue weighted by atomic mass is 9.95. The topological polar surface area (TPSA) is 21.3 Å². The summed E-state index contributed by atoms with van der Waals surface area (Å²) < 4.78 is 5.44. The second kappa shape index (κ2) is 6.02. The van der Waals surface area contributed by atoms with E-state index in [-0.39, 0.29) is 5.60 Å². The molecule has 0 spiro atoms. The van der Waals surface area contributed by atoms with Crippen molar-refractivity contribution in [2.75, 3.05) is 14.2 Å². The molecule has 1 rings (SSSR count). The molecule has 90 valence electrons. The second-order valence-electron chi connectivity index (χ2n) is 4.75. The molecule has 1 aromatic rings. The first-order valence-electron chi connectivity index (χ1n) is 5.86. The van der Waals surface area contributed by atoms with Gasteiger partial charge in [-0.25, -0.2) is 0 Å². The molecule has 0 amide bonds. The molecule has 1 unspecified atom stereocenters.